The molecule has 2 nitrogen and oxygen atoms in total. The number of halogens is 2. The molecule has 2 aromatic rings. The summed E-state index contributed by atoms with van der Waals surface area (Å²) in [4.78, 5) is 12.4. The van der Waals surface area contributed by atoms with E-state index in [9.17, 15) is 4.79 Å². The van der Waals surface area contributed by atoms with Gasteiger partial charge in [-0.3, -0.25) is 4.79 Å². The van der Waals surface area contributed by atoms with Crippen LogP contribution in [0.25, 0.3) is 0 Å². The van der Waals surface area contributed by atoms with Gasteiger partial charge in [0.05, 0.1) is 11.6 Å². The van der Waals surface area contributed by atoms with E-state index < -0.39 is 0 Å². The highest BCUT2D eigenvalue weighted by molar-refractivity contribution is 9.11. The summed E-state index contributed by atoms with van der Waals surface area (Å²) >= 11 is 6.82. The van der Waals surface area contributed by atoms with Crippen molar-refractivity contribution in [2.24, 2.45) is 0 Å². The Hall–Kier alpha value is -1.13. The van der Waals surface area contributed by atoms with Crippen LogP contribution in [-0.2, 0) is 0 Å². The molecular formula is C17H17Br2NO. The molecule has 4 heteroatoms. The monoisotopic (exact) mass is 409 g/mol. The number of hydrogen-bond acceptors (Lipinski definition) is 1. The Balaban J connectivity index is 2.23. The molecule has 1 N–H and O–H groups in total. The highest BCUT2D eigenvalue weighted by atomic mass is 79.9. The van der Waals surface area contributed by atoms with Gasteiger partial charge in [0.15, 0.2) is 0 Å². The number of benzene rings is 2. The van der Waals surface area contributed by atoms with Crippen molar-refractivity contribution >= 4 is 37.8 Å². The molecule has 0 bridgehead atoms. The molecule has 1 atom stereocenters. The molecule has 21 heavy (non-hydrogen) atoms. The predicted molar refractivity (Wildman–Crippen MR) is 93.6 cm³/mol. The number of carbonyl (C=O) groups is 1. The lowest BCUT2D eigenvalue weighted by molar-refractivity contribution is 0.0939. The quantitative estimate of drug-likeness (QED) is 0.728. The molecule has 1 amide bonds. The zero-order valence-corrected chi connectivity index (χ0v) is 15.4. The van der Waals surface area contributed by atoms with Crippen molar-refractivity contribution < 1.29 is 4.79 Å². The summed E-state index contributed by atoms with van der Waals surface area (Å²) in [5.74, 6) is -0.0865. The Morgan fingerprint density at radius 2 is 1.81 bits per heavy atom. The van der Waals surface area contributed by atoms with E-state index in [4.69, 9.17) is 0 Å². The van der Waals surface area contributed by atoms with Crippen molar-refractivity contribution in [2.45, 2.75) is 26.8 Å². The lowest BCUT2D eigenvalue weighted by Gasteiger charge is -2.18. The molecule has 0 aliphatic carbocycles. The van der Waals surface area contributed by atoms with E-state index in [1.54, 1.807) is 0 Å². The van der Waals surface area contributed by atoms with Crippen LogP contribution in [0.1, 0.15) is 40.0 Å². The average Bonchev–Trinajstić information content (AvgIpc) is 2.43. The minimum Gasteiger partial charge on any atom is -0.345 e. The molecule has 0 saturated heterocycles. The number of carbonyl (C=O) groups excluding carboxylic acids is 1. The Bertz CT molecular complexity index is 682. The molecule has 1 unspecified atom stereocenters. The molecule has 0 aromatic heterocycles. The topological polar surface area (TPSA) is 29.1 Å². The highest BCUT2D eigenvalue weighted by Crippen LogP contribution is 2.23. The first-order valence-electron chi connectivity index (χ1n) is 6.71. The summed E-state index contributed by atoms with van der Waals surface area (Å²) in [7, 11) is 0. The minimum atomic E-state index is -0.0865. The van der Waals surface area contributed by atoms with Gasteiger partial charge in [0.25, 0.3) is 5.91 Å². The Labute approximate surface area is 142 Å². The van der Waals surface area contributed by atoms with Gasteiger partial charge in [-0.05, 0) is 66.0 Å². The number of aryl methyl sites for hydroxylation is 2. The van der Waals surface area contributed by atoms with Crippen LogP contribution in [0.5, 0.6) is 0 Å². The van der Waals surface area contributed by atoms with Gasteiger partial charge in [0.1, 0.15) is 0 Å². The van der Waals surface area contributed by atoms with Crippen LogP contribution in [0.15, 0.2) is 45.3 Å². The highest BCUT2D eigenvalue weighted by Gasteiger charge is 2.15. The molecule has 0 heterocycles. The zero-order chi connectivity index (χ0) is 15.6. The third kappa shape index (κ3) is 3.95. The van der Waals surface area contributed by atoms with E-state index in [2.05, 4.69) is 69.2 Å². The average molecular weight is 411 g/mol. The first-order valence-corrected chi connectivity index (χ1v) is 8.30. The van der Waals surface area contributed by atoms with Crippen molar-refractivity contribution in [1.29, 1.82) is 0 Å². The van der Waals surface area contributed by atoms with Gasteiger partial charge in [-0.25, -0.2) is 0 Å². The second-order valence-corrected chi connectivity index (χ2v) is 6.95. The summed E-state index contributed by atoms with van der Waals surface area (Å²) in [5.41, 5.74) is 4.15. The van der Waals surface area contributed by atoms with E-state index in [-0.39, 0.29) is 11.9 Å². The molecule has 0 saturated carbocycles. The molecule has 2 rings (SSSR count). The third-order valence-electron chi connectivity index (χ3n) is 3.42. The Morgan fingerprint density at radius 3 is 2.52 bits per heavy atom. The van der Waals surface area contributed by atoms with Crippen molar-refractivity contribution in [2.75, 3.05) is 0 Å². The van der Waals surface area contributed by atoms with Crippen LogP contribution in [0.3, 0.4) is 0 Å². The van der Waals surface area contributed by atoms with Gasteiger partial charge in [0.2, 0.25) is 0 Å². The fourth-order valence-corrected chi connectivity index (χ4v) is 3.04. The second kappa shape index (κ2) is 6.75. The molecule has 0 aliphatic heterocycles. The molecule has 0 spiro atoms. The fourth-order valence-electron chi connectivity index (χ4n) is 2.25. The lowest BCUT2D eigenvalue weighted by atomic mass is 10.00. The van der Waals surface area contributed by atoms with E-state index >= 15 is 0 Å². The number of hydrogen-bond donors (Lipinski definition) is 1. The first-order chi connectivity index (χ1) is 9.88. The van der Waals surface area contributed by atoms with Gasteiger partial charge < -0.3 is 5.32 Å². The van der Waals surface area contributed by atoms with E-state index in [1.165, 1.54) is 11.1 Å². The summed E-state index contributed by atoms with van der Waals surface area (Å²) in [6.45, 7) is 6.13. The van der Waals surface area contributed by atoms with E-state index in [0.29, 0.717) is 5.56 Å². The van der Waals surface area contributed by atoms with Crippen LogP contribution < -0.4 is 5.32 Å². The predicted octanol–water partition coefficient (Wildman–Crippen LogP) is 5.32. The second-order valence-electron chi connectivity index (χ2n) is 5.18. The SMILES string of the molecule is Cc1ccc(C)c(C(C)NC(=O)c2cc(Br)ccc2Br)c1. The van der Waals surface area contributed by atoms with Crippen LogP contribution >= 0.6 is 31.9 Å². The normalized spacial score (nSPS) is 12.0. The van der Waals surface area contributed by atoms with E-state index in [0.717, 1.165) is 14.5 Å². The summed E-state index contributed by atoms with van der Waals surface area (Å²) in [6, 6.07) is 11.8. The summed E-state index contributed by atoms with van der Waals surface area (Å²) in [6.07, 6.45) is 0. The standard InChI is InChI=1S/C17H17Br2NO/c1-10-4-5-11(2)14(8-10)12(3)20-17(21)15-9-13(18)6-7-16(15)19/h4-9,12H,1-3H3,(H,20,21). The van der Waals surface area contributed by atoms with Gasteiger partial charge in [0, 0.05) is 8.95 Å². The van der Waals surface area contributed by atoms with Crippen molar-refractivity contribution in [3.05, 3.63) is 67.6 Å². The van der Waals surface area contributed by atoms with Gasteiger partial charge in [-0.2, -0.15) is 0 Å². The first kappa shape index (κ1) is 16.2. The van der Waals surface area contributed by atoms with Crippen LogP contribution in [-0.4, -0.2) is 5.91 Å². The maximum Gasteiger partial charge on any atom is 0.252 e. The molecule has 110 valence electrons. The maximum atomic E-state index is 12.4. The van der Waals surface area contributed by atoms with Gasteiger partial charge >= 0.3 is 0 Å². The number of amides is 1. The largest absolute Gasteiger partial charge is 0.345 e. The summed E-state index contributed by atoms with van der Waals surface area (Å²) < 4.78 is 1.67. The van der Waals surface area contributed by atoms with E-state index in [1.807, 2.05) is 25.1 Å². The van der Waals surface area contributed by atoms with Crippen molar-refractivity contribution in [1.82, 2.24) is 5.32 Å². The summed E-state index contributed by atoms with van der Waals surface area (Å²) in [5, 5.41) is 3.06. The van der Waals surface area contributed by atoms with Gasteiger partial charge in [-0.1, -0.05) is 39.7 Å². The number of nitrogens with one attached hydrogen (secondary N) is 1. The lowest BCUT2D eigenvalue weighted by Crippen LogP contribution is -2.27. The van der Waals surface area contributed by atoms with Crippen molar-refractivity contribution in [3.8, 4) is 0 Å². The Morgan fingerprint density at radius 1 is 1.10 bits per heavy atom. The maximum absolute atomic E-state index is 12.4. The Kier molecular flexibility index (Phi) is 5.22. The molecule has 0 radical (unpaired) electrons. The van der Waals surface area contributed by atoms with Crippen molar-refractivity contribution in [3.63, 3.8) is 0 Å². The smallest absolute Gasteiger partial charge is 0.252 e. The minimum absolute atomic E-state index is 0.0386. The van der Waals surface area contributed by atoms with Crippen LogP contribution in [0, 0.1) is 13.8 Å². The molecular weight excluding hydrogens is 394 g/mol. The third-order valence-corrected chi connectivity index (χ3v) is 4.61. The molecule has 0 fully saturated rings. The fraction of sp³-hybridized carbons (Fsp3) is 0.235. The van der Waals surface area contributed by atoms with Crippen LogP contribution in [0.4, 0.5) is 0 Å². The van der Waals surface area contributed by atoms with Crippen LogP contribution in [0.2, 0.25) is 0 Å². The zero-order valence-electron chi connectivity index (χ0n) is 12.2. The van der Waals surface area contributed by atoms with Gasteiger partial charge in [-0.15, -0.1) is 0 Å². The molecule has 2 aromatic carbocycles. The molecule has 0 aliphatic rings. The number of rotatable bonds is 3.